The van der Waals surface area contributed by atoms with Crippen molar-refractivity contribution in [2.24, 2.45) is 0 Å². The Hall–Kier alpha value is 0.0238. The molecular weight excluding hydrogens is 284 g/mol. The predicted molar refractivity (Wildman–Crippen MR) is 91.3 cm³/mol. The minimum Gasteiger partial charge on any atom is -0.409 e. The third-order valence-electron chi connectivity index (χ3n) is 4.94. The van der Waals surface area contributed by atoms with Crippen molar-refractivity contribution in [2.45, 2.75) is 77.8 Å². The Labute approximate surface area is 127 Å². The van der Waals surface area contributed by atoms with E-state index in [1.807, 2.05) is 0 Å². The zero-order valence-electron chi connectivity index (χ0n) is 14.4. The van der Waals surface area contributed by atoms with Gasteiger partial charge in [-0.1, -0.05) is 41.5 Å². The van der Waals surface area contributed by atoms with Crippen LogP contribution < -0.4 is 0 Å². The van der Waals surface area contributed by atoms with Gasteiger partial charge in [0.1, 0.15) is 0 Å². The van der Waals surface area contributed by atoms with Crippen molar-refractivity contribution < 1.29 is 13.6 Å². The summed E-state index contributed by atoms with van der Waals surface area (Å²) < 4.78 is 12.1. The number of Topliss-reactive ketones (excluding diaryl/α,β-unsaturated/α-hetero) is 1. The Morgan fingerprint density at radius 1 is 0.650 bits per heavy atom. The van der Waals surface area contributed by atoms with Gasteiger partial charge in [0.25, 0.3) is 0 Å². The van der Waals surface area contributed by atoms with Crippen molar-refractivity contribution in [3.63, 3.8) is 0 Å². The van der Waals surface area contributed by atoms with E-state index < -0.39 is 16.6 Å². The highest BCUT2D eigenvalue weighted by Gasteiger charge is 2.31. The van der Waals surface area contributed by atoms with Crippen LogP contribution in [0.2, 0.25) is 36.3 Å². The average Bonchev–Trinajstić information content (AvgIpc) is 2.51. The number of carbonyl (C=O) groups is 1. The van der Waals surface area contributed by atoms with E-state index in [9.17, 15) is 4.79 Å². The molecule has 0 fully saturated rings. The summed E-state index contributed by atoms with van der Waals surface area (Å²) in [5, 5.41) is 0. The van der Waals surface area contributed by atoms with Gasteiger partial charge in [-0.25, -0.2) is 0 Å². The summed E-state index contributed by atoms with van der Waals surface area (Å²) in [5.74, 6) is 0.115. The van der Waals surface area contributed by atoms with Gasteiger partial charge in [-0.15, -0.1) is 0 Å². The maximum absolute atomic E-state index is 12.0. The highest BCUT2D eigenvalue weighted by atomic mass is 28.4. The van der Waals surface area contributed by atoms with Gasteiger partial charge in [-0.2, -0.15) is 0 Å². The Morgan fingerprint density at radius 3 is 1.10 bits per heavy atom. The molecule has 0 aliphatic rings. The van der Waals surface area contributed by atoms with Crippen LogP contribution >= 0.6 is 0 Å². The summed E-state index contributed by atoms with van der Waals surface area (Å²) in [4.78, 5) is 12.0. The lowest BCUT2D eigenvalue weighted by Crippen LogP contribution is -2.41. The number of carbonyl (C=O) groups excluding carboxylic acids is 1. The first kappa shape index (κ1) is 20.0. The van der Waals surface area contributed by atoms with Gasteiger partial charge in [0.2, 0.25) is 0 Å². The lowest BCUT2D eigenvalue weighted by Gasteiger charge is -2.29. The van der Waals surface area contributed by atoms with E-state index in [1.165, 1.54) is 0 Å². The van der Waals surface area contributed by atoms with Gasteiger partial charge in [0.05, 0.1) is 13.2 Å². The van der Waals surface area contributed by atoms with Gasteiger partial charge < -0.3 is 8.85 Å². The molecule has 0 unspecified atom stereocenters. The molecule has 3 nitrogen and oxygen atoms in total. The van der Waals surface area contributed by atoms with Gasteiger partial charge >= 0.3 is 0 Å². The van der Waals surface area contributed by atoms with Crippen LogP contribution in [0.5, 0.6) is 0 Å². The van der Waals surface area contributed by atoms with Gasteiger partial charge in [0, 0.05) is 0 Å². The van der Waals surface area contributed by atoms with E-state index in [-0.39, 0.29) is 19.0 Å². The maximum atomic E-state index is 12.0. The van der Waals surface area contributed by atoms with E-state index in [0.29, 0.717) is 0 Å². The minimum atomic E-state index is -1.65. The van der Waals surface area contributed by atoms with Crippen molar-refractivity contribution in [1.82, 2.24) is 0 Å². The standard InChI is InChI=1S/C15H34O3Si2/c1-7-19(8-2,9-3)17-13-15(16)14-18-20(10-4,11-5)12-6/h7-14H2,1-6H3. The number of rotatable bonds is 12. The van der Waals surface area contributed by atoms with Crippen LogP contribution in [-0.4, -0.2) is 35.6 Å². The molecule has 0 amide bonds. The van der Waals surface area contributed by atoms with Crippen LogP contribution in [0.4, 0.5) is 0 Å². The van der Waals surface area contributed by atoms with Crippen LogP contribution in [0, 0.1) is 0 Å². The molecule has 120 valence electrons. The van der Waals surface area contributed by atoms with E-state index in [2.05, 4.69) is 41.5 Å². The molecule has 0 heterocycles. The third-order valence-corrected chi connectivity index (χ3v) is 14.2. The number of hydrogen-bond donors (Lipinski definition) is 0. The summed E-state index contributed by atoms with van der Waals surface area (Å²) in [5.41, 5.74) is 0. The largest absolute Gasteiger partial charge is 0.409 e. The molecule has 5 heteroatoms. The summed E-state index contributed by atoms with van der Waals surface area (Å²) >= 11 is 0. The monoisotopic (exact) mass is 318 g/mol. The summed E-state index contributed by atoms with van der Waals surface area (Å²) in [7, 11) is -3.29. The van der Waals surface area contributed by atoms with Crippen molar-refractivity contribution in [3.8, 4) is 0 Å². The minimum absolute atomic E-state index is 0.115. The second kappa shape index (κ2) is 9.87. The van der Waals surface area contributed by atoms with Crippen molar-refractivity contribution in [2.75, 3.05) is 13.2 Å². The first-order chi connectivity index (χ1) is 9.46. The number of hydrogen-bond acceptors (Lipinski definition) is 3. The molecule has 0 rings (SSSR count). The van der Waals surface area contributed by atoms with Gasteiger partial charge in [-0.05, 0) is 36.3 Å². The molecule has 0 aromatic carbocycles. The molecule has 0 aromatic heterocycles. The second-order valence-electron chi connectivity index (χ2n) is 5.60. The Morgan fingerprint density at radius 2 is 0.900 bits per heavy atom. The molecule has 0 atom stereocenters. The number of ketones is 1. The molecule has 0 N–H and O–H groups in total. The quantitative estimate of drug-likeness (QED) is 0.493. The van der Waals surface area contributed by atoms with Crippen molar-refractivity contribution >= 4 is 22.4 Å². The van der Waals surface area contributed by atoms with Crippen LogP contribution in [0.3, 0.4) is 0 Å². The lowest BCUT2D eigenvalue weighted by atomic mass is 10.5. The fraction of sp³-hybridized carbons (Fsp3) is 0.933. The summed E-state index contributed by atoms with van der Waals surface area (Å²) in [6.07, 6.45) is 0. The van der Waals surface area contributed by atoms with Crippen molar-refractivity contribution in [1.29, 1.82) is 0 Å². The molecule has 0 bridgehead atoms. The zero-order chi connectivity index (χ0) is 15.6. The zero-order valence-corrected chi connectivity index (χ0v) is 16.4. The highest BCUT2D eigenvalue weighted by molar-refractivity contribution is 6.74. The molecule has 0 aliphatic carbocycles. The molecule has 0 saturated carbocycles. The summed E-state index contributed by atoms with van der Waals surface area (Å²) in [6.45, 7) is 13.6. The van der Waals surface area contributed by atoms with E-state index >= 15 is 0 Å². The molecule has 0 aromatic rings. The smallest absolute Gasteiger partial charge is 0.192 e. The molecule has 0 aliphatic heterocycles. The van der Waals surface area contributed by atoms with Crippen LogP contribution in [0.25, 0.3) is 0 Å². The Balaban J connectivity index is 4.30. The molecule has 0 saturated heterocycles. The maximum Gasteiger partial charge on any atom is 0.192 e. The lowest BCUT2D eigenvalue weighted by molar-refractivity contribution is -0.123. The predicted octanol–water partition coefficient (Wildman–Crippen LogP) is 4.60. The van der Waals surface area contributed by atoms with Gasteiger partial charge in [-0.3, -0.25) is 4.79 Å². The average molecular weight is 319 g/mol. The third kappa shape index (κ3) is 5.79. The van der Waals surface area contributed by atoms with E-state index in [0.717, 1.165) is 36.3 Å². The normalized spacial score (nSPS) is 12.7. The molecular formula is C15H34O3Si2. The SMILES string of the molecule is CC[Si](CC)(CC)OCC(=O)CO[Si](CC)(CC)CC. The highest BCUT2D eigenvalue weighted by Crippen LogP contribution is 2.23. The molecule has 0 radical (unpaired) electrons. The first-order valence-corrected chi connectivity index (χ1v) is 13.3. The molecule has 0 spiro atoms. The van der Waals surface area contributed by atoms with E-state index in [4.69, 9.17) is 8.85 Å². The van der Waals surface area contributed by atoms with Crippen LogP contribution in [0.1, 0.15) is 41.5 Å². The topological polar surface area (TPSA) is 35.5 Å². The molecule has 20 heavy (non-hydrogen) atoms. The van der Waals surface area contributed by atoms with Crippen LogP contribution in [0.15, 0.2) is 0 Å². The second-order valence-corrected chi connectivity index (χ2v) is 15.2. The summed E-state index contributed by atoms with van der Waals surface area (Å²) in [6, 6.07) is 6.53. The Bertz CT molecular complexity index is 232. The Kier molecular flexibility index (Phi) is 9.88. The fourth-order valence-electron chi connectivity index (χ4n) is 2.62. The van der Waals surface area contributed by atoms with Crippen molar-refractivity contribution in [3.05, 3.63) is 0 Å². The van der Waals surface area contributed by atoms with E-state index in [1.54, 1.807) is 0 Å². The first-order valence-electron chi connectivity index (χ1n) is 8.26. The van der Waals surface area contributed by atoms with Gasteiger partial charge in [0.15, 0.2) is 22.4 Å². The van der Waals surface area contributed by atoms with Crippen LogP contribution in [-0.2, 0) is 13.6 Å². The fourth-order valence-corrected chi connectivity index (χ4v) is 7.78.